The van der Waals surface area contributed by atoms with Crippen LogP contribution in [0.3, 0.4) is 0 Å². The van der Waals surface area contributed by atoms with Crippen molar-refractivity contribution in [1.82, 2.24) is 4.72 Å². The number of benzene rings is 1. The van der Waals surface area contributed by atoms with Gasteiger partial charge in [0.15, 0.2) is 0 Å². The molecular formula is C13H21NO3S. The lowest BCUT2D eigenvalue weighted by molar-refractivity contribution is 0.208. The highest BCUT2D eigenvalue weighted by Gasteiger charge is 2.25. The van der Waals surface area contributed by atoms with Crippen molar-refractivity contribution in [2.24, 2.45) is 0 Å². The first-order valence-corrected chi connectivity index (χ1v) is 7.53. The normalized spacial score (nSPS) is 12.7. The summed E-state index contributed by atoms with van der Waals surface area (Å²) in [6, 6.07) is 6.84. The van der Waals surface area contributed by atoms with E-state index in [1.165, 1.54) is 0 Å². The first-order valence-electron chi connectivity index (χ1n) is 6.04. The fraction of sp³-hybridized carbons (Fsp3) is 0.538. The first-order chi connectivity index (χ1) is 8.30. The summed E-state index contributed by atoms with van der Waals surface area (Å²) >= 11 is 0. The Morgan fingerprint density at radius 2 is 1.78 bits per heavy atom. The average molecular weight is 271 g/mol. The molecule has 0 bridgehead atoms. The largest absolute Gasteiger partial charge is 0.394 e. The third kappa shape index (κ3) is 4.08. The molecule has 0 aliphatic carbocycles. The Morgan fingerprint density at radius 1 is 1.22 bits per heavy atom. The molecule has 0 atom stereocenters. The van der Waals surface area contributed by atoms with Crippen molar-refractivity contribution < 1.29 is 13.5 Å². The minimum atomic E-state index is -3.57. The molecule has 0 spiro atoms. The van der Waals surface area contributed by atoms with Crippen LogP contribution in [-0.4, -0.2) is 25.7 Å². The number of hydrogen-bond donors (Lipinski definition) is 2. The highest BCUT2D eigenvalue weighted by molar-refractivity contribution is 7.89. The molecule has 1 aromatic rings. The van der Waals surface area contributed by atoms with Crippen LogP contribution in [0.2, 0.25) is 0 Å². The molecule has 5 heteroatoms. The Kier molecular flexibility index (Phi) is 4.90. The number of sulfonamides is 1. The standard InChI is InChI=1S/C13H21NO3S/c1-4-5-11-6-8-12(9-7-11)18(16,17)14-13(2,3)10-15/h6-9,14-15H,4-5,10H2,1-3H3. The molecule has 18 heavy (non-hydrogen) atoms. The van der Waals surface area contributed by atoms with Gasteiger partial charge in [0.05, 0.1) is 17.0 Å². The summed E-state index contributed by atoms with van der Waals surface area (Å²) in [7, 11) is -3.57. The third-order valence-corrected chi connectivity index (χ3v) is 4.29. The van der Waals surface area contributed by atoms with Crippen LogP contribution < -0.4 is 4.72 Å². The predicted octanol–water partition coefficient (Wildman–Crippen LogP) is 1.69. The van der Waals surface area contributed by atoms with Gasteiger partial charge in [-0.25, -0.2) is 13.1 Å². The Labute approximate surface area is 109 Å². The molecule has 1 rings (SSSR count). The predicted molar refractivity (Wildman–Crippen MR) is 71.9 cm³/mol. The van der Waals surface area contributed by atoms with E-state index < -0.39 is 15.6 Å². The minimum Gasteiger partial charge on any atom is -0.394 e. The van der Waals surface area contributed by atoms with Gasteiger partial charge in [0.1, 0.15) is 0 Å². The maximum Gasteiger partial charge on any atom is 0.241 e. The third-order valence-electron chi connectivity index (χ3n) is 2.58. The Balaban J connectivity index is 2.92. The van der Waals surface area contributed by atoms with Gasteiger partial charge in [-0.3, -0.25) is 0 Å². The molecule has 102 valence electrons. The average Bonchev–Trinajstić information content (AvgIpc) is 2.29. The van der Waals surface area contributed by atoms with Gasteiger partial charge in [0.2, 0.25) is 10.0 Å². The fourth-order valence-corrected chi connectivity index (χ4v) is 2.98. The molecule has 0 heterocycles. The molecule has 4 nitrogen and oxygen atoms in total. The van der Waals surface area contributed by atoms with Gasteiger partial charge in [-0.05, 0) is 38.0 Å². The second kappa shape index (κ2) is 5.82. The number of aliphatic hydroxyl groups is 1. The van der Waals surface area contributed by atoms with E-state index in [1.807, 2.05) is 12.1 Å². The van der Waals surface area contributed by atoms with Gasteiger partial charge in [-0.15, -0.1) is 0 Å². The quantitative estimate of drug-likeness (QED) is 0.827. The molecule has 0 amide bonds. The lowest BCUT2D eigenvalue weighted by atomic mass is 10.1. The van der Waals surface area contributed by atoms with Crippen LogP contribution in [0, 0.1) is 0 Å². The van der Waals surface area contributed by atoms with Crippen molar-refractivity contribution in [3.63, 3.8) is 0 Å². The van der Waals surface area contributed by atoms with Crippen LogP contribution in [0.15, 0.2) is 29.2 Å². The Bertz CT molecular complexity index is 477. The summed E-state index contributed by atoms with van der Waals surface area (Å²) in [6.07, 6.45) is 1.97. The summed E-state index contributed by atoms with van der Waals surface area (Å²) in [5, 5.41) is 9.09. The zero-order valence-electron chi connectivity index (χ0n) is 11.1. The van der Waals surface area contributed by atoms with E-state index in [0.29, 0.717) is 0 Å². The van der Waals surface area contributed by atoms with E-state index in [1.54, 1.807) is 26.0 Å². The van der Waals surface area contributed by atoms with Crippen molar-refractivity contribution in [3.8, 4) is 0 Å². The molecule has 0 unspecified atom stereocenters. The Hall–Kier alpha value is -0.910. The smallest absolute Gasteiger partial charge is 0.241 e. The number of aliphatic hydroxyl groups excluding tert-OH is 1. The molecule has 0 saturated heterocycles. The number of aryl methyl sites for hydroxylation is 1. The van der Waals surface area contributed by atoms with Gasteiger partial charge in [-0.1, -0.05) is 25.5 Å². The van der Waals surface area contributed by atoms with Crippen LogP contribution in [0.25, 0.3) is 0 Å². The minimum absolute atomic E-state index is 0.226. The van der Waals surface area contributed by atoms with Crippen LogP contribution >= 0.6 is 0 Å². The first kappa shape index (κ1) is 15.1. The van der Waals surface area contributed by atoms with Crippen molar-refractivity contribution >= 4 is 10.0 Å². The van der Waals surface area contributed by atoms with Crippen molar-refractivity contribution in [3.05, 3.63) is 29.8 Å². The van der Waals surface area contributed by atoms with E-state index in [2.05, 4.69) is 11.6 Å². The summed E-state index contributed by atoms with van der Waals surface area (Å²) in [5.41, 5.74) is 0.263. The Morgan fingerprint density at radius 3 is 2.22 bits per heavy atom. The molecule has 0 aliphatic rings. The van der Waals surface area contributed by atoms with E-state index in [9.17, 15) is 8.42 Å². The molecule has 2 N–H and O–H groups in total. The zero-order chi connectivity index (χ0) is 13.8. The maximum atomic E-state index is 12.1. The summed E-state index contributed by atoms with van der Waals surface area (Å²) in [4.78, 5) is 0.226. The summed E-state index contributed by atoms with van der Waals surface area (Å²) < 4.78 is 26.6. The van der Waals surface area contributed by atoms with Crippen LogP contribution in [0.1, 0.15) is 32.8 Å². The molecule has 0 radical (unpaired) electrons. The number of rotatable bonds is 6. The van der Waals surface area contributed by atoms with Crippen LogP contribution in [0.5, 0.6) is 0 Å². The monoisotopic (exact) mass is 271 g/mol. The van der Waals surface area contributed by atoms with Crippen molar-refractivity contribution in [1.29, 1.82) is 0 Å². The van der Waals surface area contributed by atoms with E-state index in [4.69, 9.17) is 5.11 Å². The number of nitrogens with one attached hydrogen (secondary N) is 1. The van der Waals surface area contributed by atoms with Crippen molar-refractivity contribution in [2.75, 3.05) is 6.61 Å². The lowest BCUT2D eigenvalue weighted by Gasteiger charge is -2.23. The second-order valence-corrected chi connectivity index (χ2v) is 6.72. The summed E-state index contributed by atoms with van der Waals surface area (Å²) in [6.45, 7) is 5.10. The van der Waals surface area contributed by atoms with E-state index in [-0.39, 0.29) is 11.5 Å². The molecule has 0 aromatic heterocycles. The summed E-state index contributed by atoms with van der Waals surface area (Å²) in [5.74, 6) is 0. The lowest BCUT2D eigenvalue weighted by Crippen LogP contribution is -2.46. The van der Waals surface area contributed by atoms with E-state index in [0.717, 1.165) is 18.4 Å². The van der Waals surface area contributed by atoms with Crippen LogP contribution in [0.4, 0.5) is 0 Å². The van der Waals surface area contributed by atoms with Gasteiger partial charge >= 0.3 is 0 Å². The van der Waals surface area contributed by atoms with E-state index >= 15 is 0 Å². The highest BCUT2D eigenvalue weighted by Crippen LogP contribution is 2.14. The van der Waals surface area contributed by atoms with Gasteiger partial charge < -0.3 is 5.11 Å². The van der Waals surface area contributed by atoms with Crippen LogP contribution in [-0.2, 0) is 16.4 Å². The molecule has 1 aromatic carbocycles. The molecule has 0 aliphatic heterocycles. The highest BCUT2D eigenvalue weighted by atomic mass is 32.2. The second-order valence-electron chi connectivity index (χ2n) is 5.04. The fourth-order valence-electron chi connectivity index (χ4n) is 1.58. The van der Waals surface area contributed by atoms with Gasteiger partial charge in [0, 0.05) is 0 Å². The van der Waals surface area contributed by atoms with Crippen molar-refractivity contribution in [2.45, 2.75) is 44.0 Å². The zero-order valence-corrected chi connectivity index (χ0v) is 11.9. The SMILES string of the molecule is CCCc1ccc(S(=O)(=O)NC(C)(C)CO)cc1. The topological polar surface area (TPSA) is 66.4 Å². The molecule has 0 fully saturated rings. The maximum absolute atomic E-state index is 12.1. The van der Waals surface area contributed by atoms with Gasteiger partial charge in [0.25, 0.3) is 0 Å². The van der Waals surface area contributed by atoms with Gasteiger partial charge in [-0.2, -0.15) is 0 Å². The molecular weight excluding hydrogens is 250 g/mol. The number of hydrogen-bond acceptors (Lipinski definition) is 3. The molecule has 0 saturated carbocycles.